The van der Waals surface area contributed by atoms with Crippen molar-refractivity contribution < 1.29 is 22.3 Å². The lowest BCUT2D eigenvalue weighted by molar-refractivity contribution is -0.122. The first kappa shape index (κ1) is 22.1. The van der Waals surface area contributed by atoms with Gasteiger partial charge >= 0.3 is 0 Å². The molecule has 1 aliphatic heterocycles. The van der Waals surface area contributed by atoms with Gasteiger partial charge in [0.15, 0.2) is 6.10 Å². The molecule has 0 unspecified atom stereocenters. The van der Waals surface area contributed by atoms with Crippen molar-refractivity contribution in [2.24, 2.45) is 0 Å². The Morgan fingerprint density at radius 3 is 2.44 bits per heavy atom. The predicted octanol–water partition coefficient (Wildman–Crippen LogP) is 4.69. The van der Waals surface area contributed by atoms with Gasteiger partial charge in [0.1, 0.15) is 11.6 Å². The average molecular weight is 475 g/mol. The summed E-state index contributed by atoms with van der Waals surface area (Å²) in [5.74, 6) is -0.920. The summed E-state index contributed by atoms with van der Waals surface area (Å²) in [5.41, 5.74) is 2.41. The molecular weight excluding hydrogens is 455 g/mol. The molecule has 3 aromatic rings. The molecule has 0 fully saturated rings. The van der Waals surface area contributed by atoms with E-state index in [9.17, 15) is 17.6 Å². The molecule has 0 radical (unpaired) electrons. The molecule has 1 amide bonds. The Morgan fingerprint density at radius 2 is 1.75 bits per heavy atom. The number of carbonyl (C=O) groups is 1. The summed E-state index contributed by atoms with van der Waals surface area (Å²) >= 11 is 5.78. The number of hydrogen-bond donors (Lipinski definition) is 1. The molecule has 1 atom stereocenters. The van der Waals surface area contributed by atoms with Crippen LogP contribution in [0.5, 0.6) is 5.75 Å². The van der Waals surface area contributed by atoms with Gasteiger partial charge in [-0.2, -0.15) is 0 Å². The summed E-state index contributed by atoms with van der Waals surface area (Å²) < 4.78 is 47.4. The fourth-order valence-corrected chi connectivity index (χ4v) is 5.01. The molecule has 1 heterocycles. The Bertz CT molecular complexity index is 1300. The fourth-order valence-electron chi connectivity index (χ4n) is 3.36. The van der Waals surface area contributed by atoms with Crippen LogP contribution < -0.4 is 14.4 Å². The lowest BCUT2D eigenvalue weighted by Gasteiger charge is -2.35. The van der Waals surface area contributed by atoms with E-state index < -0.39 is 27.9 Å². The van der Waals surface area contributed by atoms with Crippen LogP contribution in [-0.4, -0.2) is 27.0 Å². The first-order valence-electron chi connectivity index (χ1n) is 9.78. The molecule has 3 aromatic carbocycles. The molecule has 0 saturated heterocycles. The van der Waals surface area contributed by atoms with Crippen LogP contribution in [0.15, 0.2) is 65.6 Å². The number of halogens is 2. The number of amides is 1. The third-order valence-electron chi connectivity index (χ3n) is 5.07. The van der Waals surface area contributed by atoms with Crippen LogP contribution in [0, 0.1) is 19.7 Å². The highest BCUT2D eigenvalue weighted by Gasteiger charge is 2.37. The highest BCUT2D eigenvalue weighted by atomic mass is 35.5. The summed E-state index contributed by atoms with van der Waals surface area (Å²) in [5, 5.41) is 2.46. The summed E-state index contributed by atoms with van der Waals surface area (Å²) in [6.45, 7) is 3.48. The molecule has 0 bridgehead atoms. The van der Waals surface area contributed by atoms with Gasteiger partial charge in [0.2, 0.25) is 0 Å². The maximum atomic E-state index is 13.5. The van der Waals surface area contributed by atoms with Gasteiger partial charge in [-0.05, 0) is 61.9 Å². The first-order chi connectivity index (χ1) is 15.1. The molecule has 166 valence electrons. The van der Waals surface area contributed by atoms with E-state index >= 15 is 0 Å². The molecule has 4 rings (SSSR count). The third-order valence-corrected chi connectivity index (χ3v) is 7.16. The van der Waals surface area contributed by atoms with Crippen molar-refractivity contribution in [1.82, 2.24) is 0 Å². The number of sulfonamides is 1. The number of fused-ring (bicyclic) bond motifs is 1. The van der Waals surface area contributed by atoms with Gasteiger partial charge in [-0.25, -0.2) is 12.8 Å². The van der Waals surface area contributed by atoms with Crippen molar-refractivity contribution >= 4 is 38.9 Å². The summed E-state index contributed by atoms with van der Waals surface area (Å²) in [4.78, 5) is 13.0. The predicted molar refractivity (Wildman–Crippen MR) is 121 cm³/mol. The van der Waals surface area contributed by atoms with Crippen molar-refractivity contribution in [1.29, 1.82) is 0 Å². The van der Waals surface area contributed by atoms with E-state index in [2.05, 4.69) is 5.32 Å². The molecule has 1 N–H and O–H groups in total. The minimum atomic E-state index is -3.96. The van der Waals surface area contributed by atoms with Crippen molar-refractivity contribution in [2.45, 2.75) is 24.8 Å². The van der Waals surface area contributed by atoms with Gasteiger partial charge in [0.25, 0.3) is 15.9 Å². The van der Waals surface area contributed by atoms with Gasteiger partial charge in [-0.15, -0.1) is 0 Å². The quantitative estimate of drug-likeness (QED) is 0.595. The number of nitrogens with zero attached hydrogens (tertiary/aromatic N) is 1. The van der Waals surface area contributed by atoms with Crippen LogP contribution >= 0.6 is 11.6 Å². The fraction of sp³-hybridized carbons (Fsp3) is 0.174. The van der Waals surface area contributed by atoms with E-state index in [-0.39, 0.29) is 27.9 Å². The van der Waals surface area contributed by atoms with E-state index in [4.69, 9.17) is 16.3 Å². The highest BCUT2D eigenvalue weighted by molar-refractivity contribution is 7.92. The summed E-state index contributed by atoms with van der Waals surface area (Å²) in [6.07, 6.45) is -1.13. The van der Waals surface area contributed by atoms with Crippen LogP contribution in [0.1, 0.15) is 11.1 Å². The average Bonchev–Trinajstić information content (AvgIpc) is 2.75. The normalized spacial score (nSPS) is 15.6. The van der Waals surface area contributed by atoms with Gasteiger partial charge in [0, 0.05) is 5.69 Å². The van der Waals surface area contributed by atoms with E-state index in [1.165, 1.54) is 28.6 Å². The Hall–Kier alpha value is -3.10. The van der Waals surface area contributed by atoms with Gasteiger partial charge < -0.3 is 10.1 Å². The van der Waals surface area contributed by atoms with E-state index in [0.29, 0.717) is 5.69 Å². The van der Waals surface area contributed by atoms with Gasteiger partial charge in [-0.1, -0.05) is 35.4 Å². The van der Waals surface area contributed by atoms with Crippen molar-refractivity contribution in [3.8, 4) is 5.75 Å². The maximum absolute atomic E-state index is 13.5. The second-order valence-electron chi connectivity index (χ2n) is 7.55. The van der Waals surface area contributed by atoms with Crippen molar-refractivity contribution in [3.05, 3.63) is 82.6 Å². The minimum absolute atomic E-state index is 0.113. The zero-order valence-corrected chi connectivity index (χ0v) is 18.9. The number of benzene rings is 3. The number of nitrogens with one attached hydrogen (secondary N) is 1. The van der Waals surface area contributed by atoms with Crippen LogP contribution in [0.3, 0.4) is 0 Å². The second kappa shape index (κ2) is 8.44. The third kappa shape index (κ3) is 4.28. The number of hydrogen-bond acceptors (Lipinski definition) is 4. The smallest absolute Gasteiger partial charge is 0.267 e. The number of anilines is 2. The van der Waals surface area contributed by atoms with Gasteiger partial charge in [0.05, 0.1) is 22.2 Å². The zero-order chi connectivity index (χ0) is 23.0. The molecule has 0 aliphatic carbocycles. The van der Waals surface area contributed by atoms with E-state index in [1.54, 1.807) is 30.3 Å². The Balaban J connectivity index is 1.69. The monoisotopic (exact) mass is 474 g/mol. The molecule has 0 aromatic heterocycles. The first-order valence-corrected chi connectivity index (χ1v) is 11.6. The van der Waals surface area contributed by atoms with Crippen LogP contribution in [0.2, 0.25) is 5.02 Å². The SMILES string of the molecule is Cc1ccc(S(=O)(=O)N2C[C@@H](C(=O)Nc3ccc(F)c(Cl)c3)Oc3ccc(C)cc32)cc1. The molecule has 32 heavy (non-hydrogen) atoms. The maximum Gasteiger partial charge on any atom is 0.267 e. The lowest BCUT2D eigenvalue weighted by atomic mass is 10.1. The Morgan fingerprint density at radius 1 is 1.06 bits per heavy atom. The number of ether oxygens (including phenoxy) is 1. The molecule has 6 nitrogen and oxygen atoms in total. The summed E-state index contributed by atoms with van der Waals surface area (Å²) in [7, 11) is -3.96. The molecule has 0 saturated carbocycles. The minimum Gasteiger partial charge on any atom is -0.476 e. The Kier molecular flexibility index (Phi) is 5.83. The molecule has 9 heteroatoms. The molecule has 0 spiro atoms. The highest BCUT2D eigenvalue weighted by Crippen LogP contribution is 2.38. The van der Waals surface area contributed by atoms with Crippen LogP contribution in [0.4, 0.5) is 15.8 Å². The van der Waals surface area contributed by atoms with Crippen LogP contribution in [-0.2, 0) is 14.8 Å². The number of rotatable bonds is 4. The topological polar surface area (TPSA) is 75.7 Å². The standard InChI is InChI=1S/C23H20ClFN2O4S/c1-14-3-7-17(8-4-14)32(29,30)27-13-22(31-21-10-5-15(2)11-20(21)27)23(28)26-16-6-9-19(25)18(24)12-16/h3-12,22H,13H2,1-2H3,(H,26,28)/t22-/m0/s1. The van der Waals surface area contributed by atoms with Crippen molar-refractivity contribution in [3.63, 3.8) is 0 Å². The molecular formula is C23H20ClFN2O4S. The van der Waals surface area contributed by atoms with E-state index in [0.717, 1.165) is 17.2 Å². The van der Waals surface area contributed by atoms with Crippen LogP contribution in [0.25, 0.3) is 0 Å². The Labute approximate surface area is 190 Å². The van der Waals surface area contributed by atoms with Crippen molar-refractivity contribution in [2.75, 3.05) is 16.2 Å². The largest absolute Gasteiger partial charge is 0.476 e. The second-order valence-corrected chi connectivity index (χ2v) is 9.81. The number of carbonyl (C=O) groups excluding carboxylic acids is 1. The zero-order valence-electron chi connectivity index (χ0n) is 17.3. The van der Waals surface area contributed by atoms with Gasteiger partial charge in [-0.3, -0.25) is 9.10 Å². The summed E-state index contributed by atoms with van der Waals surface area (Å²) in [6, 6.07) is 15.4. The molecule has 1 aliphatic rings. The van der Waals surface area contributed by atoms with E-state index in [1.807, 2.05) is 13.8 Å². The number of aryl methyl sites for hydroxylation is 2. The lowest BCUT2D eigenvalue weighted by Crippen LogP contribution is -2.48.